The molecule has 0 aliphatic heterocycles. The maximum absolute atomic E-state index is 12.2. The molecule has 0 unspecified atom stereocenters. The summed E-state index contributed by atoms with van der Waals surface area (Å²) in [6.07, 6.45) is 2.79. The summed E-state index contributed by atoms with van der Waals surface area (Å²) in [6.45, 7) is 1.62. The molecule has 0 radical (unpaired) electrons. The third-order valence-electron chi connectivity index (χ3n) is 2.40. The number of halogens is 1. The lowest BCUT2D eigenvalue weighted by molar-refractivity contribution is 0.600. The van der Waals surface area contributed by atoms with Crippen LogP contribution in [-0.2, 0) is 10.0 Å². The third-order valence-corrected chi connectivity index (χ3v) is 4.13. The fraction of sp³-hybridized carbons (Fsp3) is 0.100. The van der Waals surface area contributed by atoms with Crippen molar-refractivity contribution in [3.05, 3.63) is 35.1 Å². The number of H-pyrrole nitrogens is 1. The Hall–Kier alpha value is -1.73. The second kappa shape index (κ2) is 4.51. The Kier molecular flexibility index (Phi) is 3.18. The van der Waals surface area contributed by atoms with E-state index in [-0.39, 0.29) is 9.92 Å². The van der Waals surface area contributed by atoms with Crippen LogP contribution in [0.2, 0.25) is 5.02 Å². The first kappa shape index (κ1) is 12.7. The van der Waals surface area contributed by atoms with Gasteiger partial charge in [0, 0.05) is 16.9 Å². The number of nitrogen functional groups attached to an aromatic ring is 1. The van der Waals surface area contributed by atoms with Gasteiger partial charge in [0.1, 0.15) is 0 Å². The van der Waals surface area contributed by atoms with Gasteiger partial charge in [-0.2, -0.15) is 5.10 Å². The van der Waals surface area contributed by atoms with E-state index in [0.29, 0.717) is 16.9 Å². The Labute approximate surface area is 109 Å². The highest BCUT2D eigenvalue weighted by molar-refractivity contribution is 7.92. The number of aromatic nitrogens is 2. The van der Waals surface area contributed by atoms with Crippen molar-refractivity contribution < 1.29 is 8.42 Å². The van der Waals surface area contributed by atoms with Crippen molar-refractivity contribution in [1.82, 2.24) is 10.2 Å². The molecule has 0 saturated heterocycles. The van der Waals surface area contributed by atoms with Gasteiger partial charge < -0.3 is 5.73 Å². The predicted octanol–water partition coefficient (Wildman–Crippen LogP) is 1.75. The van der Waals surface area contributed by atoms with Crippen molar-refractivity contribution >= 4 is 33.0 Å². The van der Waals surface area contributed by atoms with Crippen LogP contribution in [0.25, 0.3) is 0 Å². The highest BCUT2D eigenvalue weighted by atomic mass is 35.5. The zero-order chi connectivity index (χ0) is 13.3. The van der Waals surface area contributed by atoms with Gasteiger partial charge in [-0.25, -0.2) is 8.42 Å². The average molecular weight is 287 g/mol. The van der Waals surface area contributed by atoms with E-state index in [1.165, 1.54) is 24.5 Å². The highest BCUT2D eigenvalue weighted by Crippen LogP contribution is 2.27. The zero-order valence-corrected chi connectivity index (χ0v) is 11.0. The first-order valence-corrected chi connectivity index (χ1v) is 6.83. The lowest BCUT2D eigenvalue weighted by Crippen LogP contribution is -2.14. The quantitative estimate of drug-likeness (QED) is 0.748. The summed E-state index contributed by atoms with van der Waals surface area (Å²) in [5.74, 6) is 0. The molecule has 8 heteroatoms. The summed E-state index contributed by atoms with van der Waals surface area (Å²) in [7, 11) is -3.73. The summed E-state index contributed by atoms with van der Waals surface area (Å²) >= 11 is 5.82. The van der Waals surface area contributed by atoms with Gasteiger partial charge in [-0.1, -0.05) is 11.6 Å². The minimum Gasteiger partial charge on any atom is -0.398 e. The molecule has 0 bridgehead atoms. The van der Waals surface area contributed by atoms with Crippen LogP contribution in [0.4, 0.5) is 11.4 Å². The van der Waals surface area contributed by atoms with Crippen molar-refractivity contribution in [2.75, 3.05) is 10.5 Å². The highest BCUT2D eigenvalue weighted by Gasteiger charge is 2.19. The fourth-order valence-corrected chi connectivity index (χ4v) is 3.10. The number of nitrogens with zero attached hydrogens (tertiary/aromatic N) is 1. The molecule has 0 amide bonds. The molecular weight excluding hydrogens is 276 g/mol. The average Bonchev–Trinajstić information content (AvgIpc) is 2.75. The van der Waals surface area contributed by atoms with E-state index < -0.39 is 10.0 Å². The summed E-state index contributed by atoms with van der Waals surface area (Å²) in [4.78, 5) is 0.0497. The topological polar surface area (TPSA) is 101 Å². The number of rotatable bonds is 3. The minimum absolute atomic E-state index is 0.0497. The molecule has 2 aromatic rings. The van der Waals surface area contributed by atoms with E-state index in [9.17, 15) is 8.42 Å². The molecule has 6 nitrogen and oxygen atoms in total. The van der Waals surface area contributed by atoms with Crippen LogP contribution in [0.15, 0.2) is 29.4 Å². The standard InChI is InChI=1S/C10H11ClN4O2S/c1-6-9(12)2-7(11)3-10(6)18(16,17)15-8-4-13-14-5-8/h2-5,15H,12H2,1H3,(H,13,14). The minimum atomic E-state index is -3.73. The predicted molar refractivity (Wildman–Crippen MR) is 70.0 cm³/mol. The molecule has 0 spiro atoms. The maximum Gasteiger partial charge on any atom is 0.262 e. The van der Waals surface area contributed by atoms with E-state index in [1.807, 2.05) is 0 Å². The molecule has 96 valence electrons. The molecule has 0 aliphatic rings. The Bertz CT molecular complexity index is 667. The SMILES string of the molecule is Cc1c(N)cc(Cl)cc1S(=O)(=O)Nc1cn[nH]c1. The third kappa shape index (κ3) is 2.41. The van der Waals surface area contributed by atoms with Gasteiger partial charge in [0.15, 0.2) is 0 Å². The summed E-state index contributed by atoms with van der Waals surface area (Å²) < 4.78 is 26.7. The molecule has 0 aliphatic carbocycles. The van der Waals surface area contributed by atoms with E-state index >= 15 is 0 Å². The molecule has 0 saturated carbocycles. The van der Waals surface area contributed by atoms with Crippen LogP contribution in [0.1, 0.15) is 5.56 Å². The maximum atomic E-state index is 12.2. The molecule has 18 heavy (non-hydrogen) atoms. The molecule has 2 rings (SSSR count). The van der Waals surface area contributed by atoms with Crippen LogP contribution in [0.3, 0.4) is 0 Å². The number of aromatic amines is 1. The Balaban J connectivity index is 2.48. The monoisotopic (exact) mass is 286 g/mol. The van der Waals surface area contributed by atoms with Crippen molar-refractivity contribution in [2.24, 2.45) is 0 Å². The number of hydrogen-bond acceptors (Lipinski definition) is 4. The Morgan fingerprint density at radius 1 is 1.44 bits per heavy atom. The van der Waals surface area contributed by atoms with Gasteiger partial charge >= 0.3 is 0 Å². The van der Waals surface area contributed by atoms with Gasteiger partial charge in [0.25, 0.3) is 10.0 Å². The second-order valence-electron chi connectivity index (χ2n) is 3.71. The first-order valence-electron chi connectivity index (χ1n) is 4.97. The zero-order valence-electron chi connectivity index (χ0n) is 9.44. The number of hydrogen-bond donors (Lipinski definition) is 3. The number of anilines is 2. The number of nitrogens with two attached hydrogens (primary N) is 1. The fourth-order valence-electron chi connectivity index (χ4n) is 1.47. The molecular formula is C10H11ClN4O2S. The molecule has 0 atom stereocenters. The smallest absolute Gasteiger partial charge is 0.262 e. The van der Waals surface area contributed by atoms with Crippen LogP contribution in [0.5, 0.6) is 0 Å². The molecule has 1 aromatic heterocycles. The van der Waals surface area contributed by atoms with Crippen molar-refractivity contribution in [2.45, 2.75) is 11.8 Å². The van der Waals surface area contributed by atoms with Crippen LogP contribution in [-0.4, -0.2) is 18.6 Å². The Morgan fingerprint density at radius 3 is 2.78 bits per heavy atom. The van der Waals surface area contributed by atoms with Crippen LogP contribution in [0, 0.1) is 6.92 Å². The van der Waals surface area contributed by atoms with E-state index in [0.717, 1.165) is 0 Å². The van der Waals surface area contributed by atoms with Gasteiger partial charge in [-0.15, -0.1) is 0 Å². The van der Waals surface area contributed by atoms with Crippen LogP contribution >= 0.6 is 11.6 Å². The number of nitrogens with one attached hydrogen (secondary N) is 2. The van der Waals surface area contributed by atoms with Gasteiger partial charge in [0.05, 0.1) is 16.8 Å². The largest absolute Gasteiger partial charge is 0.398 e. The molecule has 0 fully saturated rings. The Morgan fingerprint density at radius 2 is 2.17 bits per heavy atom. The summed E-state index contributed by atoms with van der Waals surface area (Å²) in [5.41, 5.74) is 6.82. The van der Waals surface area contributed by atoms with E-state index in [4.69, 9.17) is 17.3 Å². The number of sulfonamides is 1. The van der Waals surface area contributed by atoms with E-state index in [2.05, 4.69) is 14.9 Å². The van der Waals surface area contributed by atoms with Crippen molar-refractivity contribution in [3.8, 4) is 0 Å². The molecule has 1 aromatic carbocycles. The van der Waals surface area contributed by atoms with Gasteiger partial charge in [-0.3, -0.25) is 9.82 Å². The second-order valence-corrected chi connectivity index (χ2v) is 5.80. The first-order chi connectivity index (χ1) is 8.40. The van der Waals surface area contributed by atoms with Crippen LogP contribution < -0.4 is 10.5 Å². The van der Waals surface area contributed by atoms with Gasteiger partial charge in [0.2, 0.25) is 0 Å². The van der Waals surface area contributed by atoms with Crippen molar-refractivity contribution in [3.63, 3.8) is 0 Å². The lowest BCUT2D eigenvalue weighted by Gasteiger charge is -2.11. The van der Waals surface area contributed by atoms with E-state index in [1.54, 1.807) is 6.92 Å². The lowest BCUT2D eigenvalue weighted by atomic mass is 10.2. The molecule has 1 heterocycles. The molecule has 4 N–H and O–H groups in total. The van der Waals surface area contributed by atoms with Gasteiger partial charge in [-0.05, 0) is 24.6 Å². The summed E-state index contributed by atoms with van der Waals surface area (Å²) in [6, 6.07) is 2.86. The number of benzene rings is 1. The normalized spacial score (nSPS) is 11.4. The van der Waals surface area contributed by atoms with Crippen molar-refractivity contribution in [1.29, 1.82) is 0 Å². The summed E-state index contributed by atoms with van der Waals surface area (Å²) in [5, 5.41) is 6.44.